The van der Waals surface area contributed by atoms with Crippen LogP contribution >= 0.6 is 39.1 Å². The number of ether oxygens (including phenoxy) is 1. The highest BCUT2D eigenvalue weighted by molar-refractivity contribution is 9.10. The number of nitrogens with zero attached hydrogens (tertiary/aromatic N) is 1. The Kier molecular flexibility index (Phi) is 6.04. The summed E-state index contributed by atoms with van der Waals surface area (Å²) in [6.07, 6.45) is 0. The Bertz CT molecular complexity index is 814. The lowest BCUT2D eigenvalue weighted by atomic mass is 10.1. The van der Waals surface area contributed by atoms with Gasteiger partial charge >= 0.3 is 0 Å². The zero-order valence-electron chi connectivity index (χ0n) is 12.3. The second-order valence-electron chi connectivity index (χ2n) is 4.57. The topological polar surface area (TPSA) is 81.5 Å². The highest BCUT2D eigenvalue weighted by atomic mass is 79.9. The summed E-state index contributed by atoms with van der Waals surface area (Å²) in [6, 6.07) is 6.77. The molecule has 1 amide bonds. The van der Waals surface area contributed by atoms with Crippen LogP contribution < -0.4 is 10.1 Å². The minimum absolute atomic E-state index is 0.0237. The second-order valence-corrected chi connectivity index (χ2v) is 6.27. The molecule has 0 spiro atoms. The molecule has 0 saturated heterocycles. The summed E-state index contributed by atoms with van der Waals surface area (Å²) < 4.78 is 6.06. The largest absolute Gasteiger partial charge is 0.491 e. The zero-order chi connectivity index (χ0) is 17.9. The summed E-state index contributed by atoms with van der Waals surface area (Å²) in [4.78, 5) is 22.7. The summed E-state index contributed by atoms with van der Waals surface area (Å²) in [5, 5.41) is 14.0. The Balaban J connectivity index is 2.40. The van der Waals surface area contributed by atoms with E-state index >= 15 is 0 Å². The van der Waals surface area contributed by atoms with Crippen LogP contribution in [0.3, 0.4) is 0 Å². The molecule has 24 heavy (non-hydrogen) atoms. The predicted molar refractivity (Wildman–Crippen MR) is 96.4 cm³/mol. The lowest BCUT2D eigenvalue weighted by Gasteiger charge is -2.14. The SMILES string of the molecule is CCOc1c(Br)cc(Cl)cc1NC(=O)c1cc([N+](=O)[O-])ccc1Cl. The molecule has 0 atom stereocenters. The number of nitro benzene ring substituents is 1. The monoisotopic (exact) mass is 432 g/mol. The second kappa shape index (κ2) is 7.83. The molecular formula is C15H11BrCl2N2O4. The molecule has 0 aliphatic heterocycles. The van der Waals surface area contributed by atoms with Crippen molar-refractivity contribution < 1.29 is 14.5 Å². The first-order chi connectivity index (χ1) is 11.3. The molecule has 2 aromatic carbocycles. The number of rotatable bonds is 5. The van der Waals surface area contributed by atoms with Gasteiger partial charge in [-0.3, -0.25) is 14.9 Å². The van der Waals surface area contributed by atoms with Gasteiger partial charge in [-0.05, 0) is 41.1 Å². The normalized spacial score (nSPS) is 10.3. The summed E-state index contributed by atoms with van der Waals surface area (Å²) in [5.74, 6) is -0.212. The van der Waals surface area contributed by atoms with Crippen molar-refractivity contribution in [2.24, 2.45) is 0 Å². The maximum Gasteiger partial charge on any atom is 0.270 e. The third-order valence-corrected chi connectivity index (χ3v) is 4.09. The first-order valence-electron chi connectivity index (χ1n) is 6.70. The summed E-state index contributed by atoms with van der Waals surface area (Å²) in [7, 11) is 0. The van der Waals surface area contributed by atoms with Crippen molar-refractivity contribution in [3.05, 3.63) is 60.5 Å². The number of halogens is 3. The van der Waals surface area contributed by atoms with Crippen LogP contribution in [0.2, 0.25) is 10.0 Å². The number of hydrogen-bond donors (Lipinski definition) is 1. The van der Waals surface area contributed by atoms with Crippen LogP contribution in [0, 0.1) is 10.1 Å². The molecule has 1 N–H and O–H groups in total. The molecule has 9 heteroatoms. The molecule has 0 aliphatic rings. The summed E-state index contributed by atoms with van der Waals surface area (Å²) in [6.45, 7) is 2.17. The number of benzene rings is 2. The molecule has 0 heterocycles. The van der Waals surface area contributed by atoms with Gasteiger partial charge < -0.3 is 10.1 Å². The van der Waals surface area contributed by atoms with E-state index in [1.807, 2.05) is 0 Å². The van der Waals surface area contributed by atoms with Gasteiger partial charge in [-0.1, -0.05) is 23.2 Å². The predicted octanol–water partition coefficient (Wildman–Crippen LogP) is 5.32. The third kappa shape index (κ3) is 4.17. The number of hydrogen-bond acceptors (Lipinski definition) is 4. The van der Waals surface area contributed by atoms with Crippen molar-refractivity contribution in [2.75, 3.05) is 11.9 Å². The molecule has 2 aromatic rings. The Morgan fingerprint density at radius 3 is 2.67 bits per heavy atom. The van der Waals surface area contributed by atoms with E-state index in [9.17, 15) is 14.9 Å². The minimum Gasteiger partial charge on any atom is -0.491 e. The van der Waals surface area contributed by atoms with Gasteiger partial charge in [-0.15, -0.1) is 0 Å². The van der Waals surface area contributed by atoms with Crippen molar-refractivity contribution >= 4 is 56.4 Å². The molecule has 0 bridgehead atoms. The average molecular weight is 434 g/mol. The Labute approximate surface area is 156 Å². The van der Waals surface area contributed by atoms with Crippen LogP contribution in [-0.2, 0) is 0 Å². The maximum atomic E-state index is 12.5. The molecule has 126 valence electrons. The van der Waals surface area contributed by atoms with Crippen LogP contribution in [-0.4, -0.2) is 17.4 Å². The van der Waals surface area contributed by atoms with Crippen LogP contribution in [0.25, 0.3) is 0 Å². The Hall–Kier alpha value is -1.83. The van der Waals surface area contributed by atoms with Crippen molar-refractivity contribution in [3.8, 4) is 5.75 Å². The third-order valence-electron chi connectivity index (χ3n) is 2.95. The van der Waals surface area contributed by atoms with Crippen molar-refractivity contribution in [1.82, 2.24) is 0 Å². The van der Waals surface area contributed by atoms with E-state index in [4.69, 9.17) is 27.9 Å². The number of non-ortho nitro benzene ring substituents is 1. The molecular weight excluding hydrogens is 423 g/mol. The lowest BCUT2D eigenvalue weighted by molar-refractivity contribution is -0.384. The average Bonchev–Trinajstić information content (AvgIpc) is 2.50. The van der Waals surface area contributed by atoms with E-state index in [2.05, 4.69) is 21.2 Å². The van der Waals surface area contributed by atoms with Crippen LogP contribution in [0.4, 0.5) is 11.4 Å². The molecule has 6 nitrogen and oxygen atoms in total. The van der Waals surface area contributed by atoms with E-state index in [0.717, 1.165) is 6.07 Å². The van der Waals surface area contributed by atoms with E-state index < -0.39 is 10.8 Å². The Morgan fingerprint density at radius 2 is 2.04 bits per heavy atom. The van der Waals surface area contributed by atoms with E-state index in [-0.39, 0.29) is 16.3 Å². The summed E-state index contributed by atoms with van der Waals surface area (Å²) in [5.41, 5.74) is 0.0649. The van der Waals surface area contributed by atoms with Crippen LogP contribution in [0.15, 0.2) is 34.8 Å². The summed E-state index contributed by atoms with van der Waals surface area (Å²) >= 11 is 15.3. The van der Waals surface area contributed by atoms with E-state index in [0.29, 0.717) is 27.5 Å². The fraction of sp³-hybridized carbons (Fsp3) is 0.133. The van der Waals surface area contributed by atoms with Gasteiger partial charge in [0.1, 0.15) is 0 Å². The van der Waals surface area contributed by atoms with Gasteiger partial charge in [-0.2, -0.15) is 0 Å². The quantitative estimate of drug-likeness (QED) is 0.511. The number of carbonyl (C=O) groups excluding carboxylic acids is 1. The van der Waals surface area contributed by atoms with Crippen LogP contribution in [0.5, 0.6) is 5.75 Å². The van der Waals surface area contributed by atoms with Gasteiger partial charge in [-0.25, -0.2) is 0 Å². The minimum atomic E-state index is -0.612. The number of amides is 1. The standard InChI is InChI=1S/C15H11BrCl2N2O4/c1-2-24-14-11(16)5-8(17)6-13(14)19-15(21)10-7-9(20(22)23)3-4-12(10)18/h3-7H,2H2,1H3,(H,19,21). The van der Waals surface area contributed by atoms with Gasteiger partial charge in [0.2, 0.25) is 0 Å². The van der Waals surface area contributed by atoms with Gasteiger partial charge in [0.15, 0.2) is 5.75 Å². The van der Waals surface area contributed by atoms with E-state index in [1.54, 1.807) is 13.0 Å². The lowest BCUT2D eigenvalue weighted by Crippen LogP contribution is -2.14. The fourth-order valence-electron chi connectivity index (χ4n) is 1.93. The molecule has 0 radical (unpaired) electrons. The van der Waals surface area contributed by atoms with Crippen molar-refractivity contribution in [3.63, 3.8) is 0 Å². The van der Waals surface area contributed by atoms with Gasteiger partial charge in [0, 0.05) is 17.2 Å². The Morgan fingerprint density at radius 1 is 1.33 bits per heavy atom. The molecule has 0 fully saturated rings. The van der Waals surface area contributed by atoms with Gasteiger partial charge in [0.25, 0.3) is 11.6 Å². The van der Waals surface area contributed by atoms with Crippen LogP contribution in [0.1, 0.15) is 17.3 Å². The van der Waals surface area contributed by atoms with Crippen molar-refractivity contribution in [1.29, 1.82) is 0 Å². The number of anilines is 1. The smallest absolute Gasteiger partial charge is 0.270 e. The van der Waals surface area contributed by atoms with E-state index in [1.165, 1.54) is 18.2 Å². The molecule has 0 saturated carbocycles. The zero-order valence-corrected chi connectivity index (χ0v) is 15.4. The maximum absolute atomic E-state index is 12.5. The molecule has 0 aromatic heterocycles. The number of nitro groups is 1. The highest BCUT2D eigenvalue weighted by Crippen LogP contribution is 2.37. The molecule has 2 rings (SSSR count). The number of carbonyl (C=O) groups is 1. The molecule has 0 aliphatic carbocycles. The first-order valence-corrected chi connectivity index (χ1v) is 8.25. The van der Waals surface area contributed by atoms with Gasteiger partial charge in [0.05, 0.1) is 32.3 Å². The highest BCUT2D eigenvalue weighted by Gasteiger charge is 2.19. The van der Waals surface area contributed by atoms with Crippen molar-refractivity contribution in [2.45, 2.75) is 6.92 Å². The first kappa shape index (κ1) is 18.5. The molecule has 0 unspecified atom stereocenters. The fourth-order valence-corrected chi connectivity index (χ4v) is 3.06. The number of nitrogens with one attached hydrogen (secondary N) is 1.